The van der Waals surface area contributed by atoms with Gasteiger partial charge in [0.05, 0.1) is 0 Å². The van der Waals surface area contributed by atoms with Gasteiger partial charge in [-0.05, 0) is 17.7 Å². The number of rotatable bonds is 5. The smallest absolute Gasteiger partial charge is 0.387 e. The van der Waals surface area contributed by atoms with Crippen molar-refractivity contribution < 1.29 is 13.5 Å². The fourth-order valence-electron chi connectivity index (χ4n) is 1.72. The van der Waals surface area contributed by atoms with Gasteiger partial charge in [-0.3, -0.25) is 4.68 Å². The molecule has 19 heavy (non-hydrogen) atoms. The zero-order valence-corrected chi connectivity index (χ0v) is 10.3. The number of alkyl halides is 2. The summed E-state index contributed by atoms with van der Waals surface area (Å²) in [5.74, 6) is 0.880. The summed E-state index contributed by atoms with van der Waals surface area (Å²) in [5.41, 5.74) is 6.86. The van der Waals surface area contributed by atoms with E-state index in [9.17, 15) is 8.78 Å². The molecule has 0 aliphatic carbocycles. The van der Waals surface area contributed by atoms with Gasteiger partial charge >= 0.3 is 6.61 Å². The number of ether oxygens (including phenoxy) is 1. The minimum Gasteiger partial charge on any atom is -0.435 e. The lowest BCUT2D eigenvalue weighted by Crippen LogP contribution is -2.16. The monoisotopic (exact) mass is 268 g/mol. The zero-order chi connectivity index (χ0) is 13.8. The van der Waals surface area contributed by atoms with Crippen LogP contribution >= 0.6 is 0 Å². The standard InChI is InChI=1S/C12H14F2N4O/c1-18-11(16-7-17-18)6-10(15)8-2-4-9(5-3-8)19-12(13)14/h2-5,7,10,12H,6,15H2,1H3. The maximum absolute atomic E-state index is 12.0. The minimum absolute atomic E-state index is 0.115. The molecule has 0 aliphatic heterocycles. The Kier molecular flexibility index (Phi) is 4.06. The average Bonchev–Trinajstić information content (AvgIpc) is 2.75. The Bertz CT molecular complexity index is 527. The van der Waals surface area contributed by atoms with Crippen LogP contribution in [0.3, 0.4) is 0 Å². The molecule has 1 heterocycles. The first-order valence-corrected chi connectivity index (χ1v) is 5.69. The van der Waals surface area contributed by atoms with Crippen molar-refractivity contribution in [1.29, 1.82) is 0 Å². The number of hydrogen-bond acceptors (Lipinski definition) is 4. The van der Waals surface area contributed by atoms with E-state index in [0.29, 0.717) is 6.42 Å². The van der Waals surface area contributed by atoms with Gasteiger partial charge in [-0.1, -0.05) is 12.1 Å². The topological polar surface area (TPSA) is 66.0 Å². The Morgan fingerprint density at radius 1 is 1.32 bits per heavy atom. The van der Waals surface area contributed by atoms with Crippen molar-refractivity contribution in [2.24, 2.45) is 12.8 Å². The van der Waals surface area contributed by atoms with E-state index >= 15 is 0 Å². The van der Waals surface area contributed by atoms with Gasteiger partial charge in [0.25, 0.3) is 0 Å². The summed E-state index contributed by atoms with van der Waals surface area (Å²) in [7, 11) is 1.79. The van der Waals surface area contributed by atoms with Crippen molar-refractivity contribution >= 4 is 0 Å². The van der Waals surface area contributed by atoms with Gasteiger partial charge in [-0.25, -0.2) is 4.98 Å². The quantitative estimate of drug-likeness (QED) is 0.895. The second kappa shape index (κ2) is 5.75. The zero-order valence-electron chi connectivity index (χ0n) is 10.3. The van der Waals surface area contributed by atoms with Gasteiger partial charge < -0.3 is 10.5 Å². The van der Waals surface area contributed by atoms with E-state index in [1.807, 2.05) is 0 Å². The van der Waals surface area contributed by atoms with E-state index in [1.165, 1.54) is 18.5 Å². The first-order chi connectivity index (χ1) is 9.06. The Labute approximate surface area is 109 Å². The first kappa shape index (κ1) is 13.4. The maximum atomic E-state index is 12.0. The van der Waals surface area contributed by atoms with Crippen molar-refractivity contribution in [2.75, 3.05) is 0 Å². The second-order valence-electron chi connectivity index (χ2n) is 4.06. The lowest BCUT2D eigenvalue weighted by molar-refractivity contribution is -0.0498. The molecule has 2 rings (SSSR count). The van der Waals surface area contributed by atoms with E-state index < -0.39 is 6.61 Å². The first-order valence-electron chi connectivity index (χ1n) is 5.69. The Hall–Kier alpha value is -2.02. The molecule has 0 saturated carbocycles. The average molecular weight is 268 g/mol. The highest BCUT2D eigenvalue weighted by Crippen LogP contribution is 2.20. The number of aryl methyl sites for hydroxylation is 1. The van der Waals surface area contributed by atoms with Crippen LogP contribution in [-0.2, 0) is 13.5 Å². The molecule has 0 saturated heterocycles. The van der Waals surface area contributed by atoms with Crippen LogP contribution in [0, 0.1) is 0 Å². The van der Waals surface area contributed by atoms with E-state index in [1.54, 1.807) is 23.9 Å². The molecule has 1 atom stereocenters. The van der Waals surface area contributed by atoms with Crippen molar-refractivity contribution in [2.45, 2.75) is 19.1 Å². The molecule has 1 aromatic heterocycles. The normalized spacial score (nSPS) is 12.7. The van der Waals surface area contributed by atoms with Crippen molar-refractivity contribution in [3.63, 3.8) is 0 Å². The molecular weight excluding hydrogens is 254 g/mol. The van der Waals surface area contributed by atoms with E-state index in [0.717, 1.165) is 11.4 Å². The lowest BCUT2D eigenvalue weighted by Gasteiger charge is -2.12. The van der Waals surface area contributed by atoms with Gasteiger partial charge in [-0.15, -0.1) is 0 Å². The van der Waals surface area contributed by atoms with Crippen LogP contribution in [0.1, 0.15) is 17.4 Å². The fourth-order valence-corrected chi connectivity index (χ4v) is 1.72. The van der Waals surface area contributed by atoms with Gasteiger partial charge in [0.15, 0.2) is 0 Å². The molecule has 7 heteroatoms. The second-order valence-corrected chi connectivity index (χ2v) is 4.06. The summed E-state index contributed by atoms with van der Waals surface area (Å²) in [6.07, 6.45) is 1.98. The molecule has 0 aliphatic rings. The van der Waals surface area contributed by atoms with E-state index in [4.69, 9.17) is 5.73 Å². The van der Waals surface area contributed by atoms with Crippen molar-refractivity contribution in [3.8, 4) is 5.75 Å². The third-order valence-corrected chi connectivity index (χ3v) is 2.74. The van der Waals surface area contributed by atoms with E-state index in [-0.39, 0.29) is 11.8 Å². The van der Waals surface area contributed by atoms with Crippen LogP contribution in [0.25, 0.3) is 0 Å². The molecule has 0 bridgehead atoms. The number of hydrogen-bond donors (Lipinski definition) is 1. The summed E-state index contributed by atoms with van der Waals surface area (Å²) in [5, 5.41) is 3.96. The predicted octanol–water partition coefficient (Wildman–Crippen LogP) is 1.66. The predicted molar refractivity (Wildman–Crippen MR) is 64.7 cm³/mol. The SMILES string of the molecule is Cn1ncnc1CC(N)c1ccc(OC(F)F)cc1. The number of nitrogens with two attached hydrogens (primary N) is 1. The third-order valence-electron chi connectivity index (χ3n) is 2.74. The molecule has 0 spiro atoms. The fraction of sp³-hybridized carbons (Fsp3) is 0.333. The highest BCUT2D eigenvalue weighted by atomic mass is 19.3. The summed E-state index contributed by atoms with van der Waals surface area (Å²) in [6, 6.07) is 6.00. The Morgan fingerprint density at radius 3 is 2.53 bits per heavy atom. The van der Waals surface area contributed by atoms with Crippen LogP contribution in [0.4, 0.5) is 8.78 Å². The summed E-state index contributed by atoms with van der Waals surface area (Å²) >= 11 is 0. The highest BCUT2D eigenvalue weighted by Gasteiger charge is 2.11. The van der Waals surface area contributed by atoms with Crippen molar-refractivity contribution in [3.05, 3.63) is 42.0 Å². The van der Waals surface area contributed by atoms with Gasteiger partial charge in [0.1, 0.15) is 17.9 Å². The molecular formula is C12H14F2N4O. The summed E-state index contributed by atoms with van der Waals surface area (Å²) < 4.78 is 29.9. The molecule has 102 valence electrons. The lowest BCUT2D eigenvalue weighted by atomic mass is 10.0. The van der Waals surface area contributed by atoms with Crippen molar-refractivity contribution in [1.82, 2.24) is 14.8 Å². The third kappa shape index (κ3) is 3.47. The molecule has 2 aromatic rings. The molecule has 1 aromatic carbocycles. The summed E-state index contributed by atoms with van der Waals surface area (Å²) in [6.45, 7) is -2.82. The molecule has 0 fully saturated rings. The molecule has 5 nitrogen and oxygen atoms in total. The van der Waals surface area contributed by atoms with Gasteiger partial charge in [0.2, 0.25) is 0 Å². The highest BCUT2D eigenvalue weighted by molar-refractivity contribution is 5.29. The molecule has 2 N–H and O–H groups in total. The summed E-state index contributed by atoms with van der Waals surface area (Å²) in [4.78, 5) is 4.09. The van der Waals surface area contributed by atoms with Crippen LogP contribution < -0.4 is 10.5 Å². The van der Waals surface area contributed by atoms with Crippen LogP contribution in [0.2, 0.25) is 0 Å². The Balaban J connectivity index is 2.03. The van der Waals surface area contributed by atoms with Gasteiger partial charge in [-0.2, -0.15) is 13.9 Å². The molecule has 0 amide bonds. The number of nitrogens with zero attached hydrogens (tertiary/aromatic N) is 3. The van der Waals surface area contributed by atoms with E-state index in [2.05, 4.69) is 14.8 Å². The number of halogens is 2. The largest absolute Gasteiger partial charge is 0.435 e. The molecule has 1 unspecified atom stereocenters. The van der Waals surface area contributed by atoms with Crippen LogP contribution in [0.5, 0.6) is 5.75 Å². The minimum atomic E-state index is -2.82. The Morgan fingerprint density at radius 2 is 2.00 bits per heavy atom. The van der Waals surface area contributed by atoms with Gasteiger partial charge in [0, 0.05) is 19.5 Å². The number of aromatic nitrogens is 3. The van der Waals surface area contributed by atoms with Crippen LogP contribution in [0.15, 0.2) is 30.6 Å². The van der Waals surface area contributed by atoms with Crippen LogP contribution in [-0.4, -0.2) is 21.4 Å². The number of benzene rings is 1. The molecule has 0 radical (unpaired) electrons. The maximum Gasteiger partial charge on any atom is 0.387 e.